The third kappa shape index (κ3) is 2.68. The van der Waals surface area contributed by atoms with Crippen LogP contribution in [0.25, 0.3) is 0 Å². The van der Waals surface area contributed by atoms with E-state index in [-0.39, 0.29) is 0 Å². The lowest BCUT2D eigenvalue weighted by Crippen LogP contribution is -2.18. The van der Waals surface area contributed by atoms with Crippen molar-refractivity contribution in [3.8, 4) is 5.75 Å². The van der Waals surface area contributed by atoms with Crippen molar-refractivity contribution in [2.24, 2.45) is 0 Å². The number of ether oxygens (including phenoxy) is 1. The molecule has 0 aliphatic carbocycles. The van der Waals surface area contributed by atoms with E-state index in [9.17, 15) is 0 Å². The zero-order valence-corrected chi connectivity index (χ0v) is 13.1. The van der Waals surface area contributed by atoms with E-state index in [0.29, 0.717) is 0 Å². The van der Waals surface area contributed by atoms with Crippen LogP contribution in [0, 0.1) is 0 Å². The van der Waals surface area contributed by atoms with Crippen LogP contribution in [0.1, 0.15) is 17.8 Å². The van der Waals surface area contributed by atoms with Gasteiger partial charge in [0, 0.05) is 19.5 Å². The number of fused-ring (bicyclic) bond motifs is 1. The Kier molecular flexibility index (Phi) is 3.96. The molecule has 1 aliphatic rings. The molecular formula is C15H18BrN3O. The highest BCUT2D eigenvalue weighted by Crippen LogP contribution is 2.27. The molecule has 3 rings (SSSR count). The van der Waals surface area contributed by atoms with Crippen LogP contribution in [-0.4, -0.2) is 23.2 Å². The van der Waals surface area contributed by atoms with Crippen LogP contribution in [0.15, 0.2) is 28.9 Å². The Morgan fingerprint density at radius 3 is 2.85 bits per heavy atom. The van der Waals surface area contributed by atoms with Gasteiger partial charge in [-0.3, -0.25) is 0 Å². The molecular weight excluding hydrogens is 318 g/mol. The van der Waals surface area contributed by atoms with Gasteiger partial charge in [-0.25, -0.2) is 4.98 Å². The summed E-state index contributed by atoms with van der Waals surface area (Å²) in [7, 11) is 1.69. The van der Waals surface area contributed by atoms with Crippen molar-refractivity contribution in [1.82, 2.24) is 9.55 Å². The topological polar surface area (TPSA) is 39.1 Å². The fourth-order valence-corrected chi connectivity index (χ4v) is 3.12. The van der Waals surface area contributed by atoms with Crippen LogP contribution in [-0.2, 0) is 19.4 Å². The third-order valence-corrected chi connectivity index (χ3v) is 4.20. The normalized spacial score (nSPS) is 13.7. The van der Waals surface area contributed by atoms with Crippen LogP contribution in [0.5, 0.6) is 5.75 Å². The highest BCUT2D eigenvalue weighted by molar-refractivity contribution is 9.10. The van der Waals surface area contributed by atoms with Gasteiger partial charge in [-0.05, 0) is 46.5 Å². The summed E-state index contributed by atoms with van der Waals surface area (Å²) in [4.78, 5) is 4.63. The molecule has 1 N–H and O–H groups in total. The van der Waals surface area contributed by atoms with E-state index >= 15 is 0 Å². The Labute approximate surface area is 127 Å². The second-order valence-electron chi connectivity index (χ2n) is 4.95. The Morgan fingerprint density at radius 2 is 2.10 bits per heavy atom. The van der Waals surface area contributed by atoms with Crippen molar-refractivity contribution in [2.75, 3.05) is 19.0 Å². The predicted molar refractivity (Wildman–Crippen MR) is 83.4 cm³/mol. The van der Waals surface area contributed by atoms with Gasteiger partial charge in [0.15, 0.2) is 0 Å². The Bertz CT molecular complexity index is 592. The molecule has 0 atom stereocenters. The number of imidazole rings is 1. The van der Waals surface area contributed by atoms with Gasteiger partial charge < -0.3 is 14.6 Å². The van der Waals surface area contributed by atoms with Gasteiger partial charge in [-0.2, -0.15) is 0 Å². The summed E-state index contributed by atoms with van der Waals surface area (Å²) in [6.07, 6.45) is 3.10. The zero-order chi connectivity index (χ0) is 13.9. The van der Waals surface area contributed by atoms with Gasteiger partial charge >= 0.3 is 0 Å². The quantitative estimate of drug-likeness (QED) is 0.932. The second kappa shape index (κ2) is 5.87. The van der Waals surface area contributed by atoms with Crippen molar-refractivity contribution in [3.05, 3.63) is 40.3 Å². The van der Waals surface area contributed by atoms with Crippen LogP contribution in [0.2, 0.25) is 0 Å². The standard InChI is InChI=1S/C15H18BrN3O/c1-20-12-6-3-11(4-7-12)5-8-13-18-14(16)15-17-9-2-10-19(13)15/h3-4,6-7,17H,2,5,8-10H2,1H3. The lowest BCUT2D eigenvalue weighted by Gasteiger charge is -2.18. The monoisotopic (exact) mass is 335 g/mol. The molecule has 106 valence electrons. The summed E-state index contributed by atoms with van der Waals surface area (Å²) in [5, 5.41) is 3.40. The molecule has 2 aromatic rings. The number of methoxy groups -OCH3 is 1. The number of aryl methyl sites for hydroxylation is 2. The largest absolute Gasteiger partial charge is 0.497 e. The van der Waals surface area contributed by atoms with Crippen LogP contribution in [0.3, 0.4) is 0 Å². The minimum Gasteiger partial charge on any atom is -0.497 e. The Balaban J connectivity index is 1.71. The number of nitrogens with zero attached hydrogens (tertiary/aromatic N) is 2. The second-order valence-corrected chi connectivity index (χ2v) is 5.70. The zero-order valence-electron chi connectivity index (χ0n) is 11.5. The SMILES string of the molecule is COc1ccc(CCc2nc(Br)c3n2CCCN3)cc1. The average molecular weight is 336 g/mol. The van der Waals surface area contributed by atoms with E-state index in [1.165, 1.54) is 5.56 Å². The van der Waals surface area contributed by atoms with E-state index < -0.39 is 0 Å². The molecule has 1 aromatic heterocycles. The molecule has 1 aromatic carbocycles. The summed E-state index contributed by atoms with van der Waals surface area (Å²) in [5.74, 6) is 3.18. The molecule has 0 radical (unpaired) electrons. The average Bonchev–Trinajstić information content (AvgIpc) is 2.83. The number of nitrogens with one attached hydrogen (secondary N) is 1. The Hall–Kier alpha value is -1.49. The first-order valence-electron chi connectivity index (χ1n) is 6.89. The summed E-state index contributed by atoms with van der Waals surface area (Å²) >= 11 is 3.54. The smallest absolute Gasteiger partial charge is 0.148 e. The highest BCUT2D eigenvalue weighted by Gasteiger charge is 2.17. The van der Waals surface area contributed by atoms with Crippen molar-refractivity contribution >= 4 is 21.7 Å². The molecule has 0 spiro atoms. The lowest BCUT2D eigenvalue weighted by molar-refractivity contribution is 0.414. The van der Waals surface area contributed by atoms with Crippen molar-refractivity contribution in [3.63, 3.8) is 0 Å². The van der Waals surface area contributed by atoms with E-state index in [2.05, 4.69) is 42.9 Å². The maximum atomic E-state index is 5.18. The van der Waals surface area contributed by atoms with Gasteiger partial charge in [-0.1, -0.05) is 12.1 Å². The summed E-state index contributed by atoms with van der Waals surface area (Å²) in [6, 6.07) is 8.25. The van der Waals surface area contributed by atoms with Crippen LogP contribution in [0.4, 0.5) is 5.82 Å². The molecule has 0 unspecified atom stereocenters. The van der Waals surface area contributed by atoms with Gasteiger partial charge in [0.05, 0.1) is 7.11 Å². The fraction of sp³-hybridized carbons (Fsp3) is 0.400. The van der Waals surface area contributed by atoms with Crippen LogP contribution >= 0.6 is 15.9 Å². The summed E-state index contributed by atoms with van der Waals surface area (Å²) in [6.45, 7) is 2.08. The molecule has 20 heavy (non-hydrogen) atoms. The molecule has 0 bridgehead atoms. The highest BCUT2D eigenvalue weighted by atomic mass is 79.9. The number of halogens is 1. The first-order chi connectivity index (χ1) is 9.78. The van der Waals surface area contributed by atoms with Crippen LogP contribution < -0.4 is 10.1 Å². The number of hydrogen-bond donors (Lipinski definition) is 1. The van der Waals surface area contributed by atoms with Gasteiger partial charge in [-0.15, -0.1) is 0 Å². The van der Waals surface area contributed by atoms with E-state index in [1.54, 1.807) is 7.11 Å². The maximum Gasteiger partial charge on any atom is 0.148 e. The summed E-state index contributed by atoms with van der Waals surface area (Å²) in [5.41, 5.74) is 1.31. The Morgan fingerprint density at radius 1 is 1.30 bits per heavy atom. The van der Waals surface area contributed by atoms with Gasteiger partial charge in [0.1, 0.15) is 22.0 Å². The fourth-order valence-electron chi connectivity index (χ4n) is 2.56. The minimum absolute atomic E-state index is 0.902. The molecule has 5 heteroatoms. The number of benzene rings is 1. The third-order valence-electron chi connectivity index (χ3n) is 3.65. The number of hydrogen-bond acceptors (Lipinski definition) is 3. The van der Waals surface area contributed by atoms with Gasteiger partial charge in [0.2, 0.25) is 0 Å². The molecule has 4 nitrogen and oxygen atoms in total. The van der Waals surface area contributed by atoms with Gasteiger partial charge in [0.25, 0.3) is 0 Å². The molecule has 0 saturated carbocycles. The van der Waals surface area contributed by atoms with Crippen molar-refractivity contribution in [2.45, 2.75) is 25.8 Å². The maximum absolute atomic E-state index is 5.18. The predicted octanol–water partition coefficient (Wildman–Crippen LogP) is 3.26. The van der Waals surface area contributed by atoms with E-state index in [0.717, 1.165) is 54.3 Å². The summed E-state index contributed by atoms with van der Waals surface area (Å²) < 4.78 is 8.40. The molecule has 1 aliphatic heterocycles. The molecule has 0 amide bonds. The first-order valence-corrected chi connectivity index (χ1v) is 7.69. The molecule has 0 fully saturated rings. The number of aromatic nitrogens is 2. The molecule has 2 heterocycles. The van der Waals surface area contributed by atoms with E-state index in [1.807, 2.05) is 12.1 Å². The van der Waals surface area contributed by atoms with Crippen molar-refractivity contribution in [1.29, 1.82) is 0 Å². The number of anilines is 1. The van der Waals surface area contributed by atoms with E-state index in [4.69, 9.17) is 4.74 Å². The molecule has 0 saturated heterocycles. The number of rotatable bonds is 4. The first kappa shape index (κ1) is 13.5. The minimum atomic E-state index is 0.902. The van der Waals surface area contributed by atoms with Crippen molar-refractivity contribution < 1.29 is 4.74 Å². The lowest BCUT2D eigenvalue weighted by atomic mass is 10.1.